The van der Waals surface area contributed by atoms with Gasteiger partial charge in [0.25, 0.3) is 0 Å². The quantitative estimate of drug-likeness (QED) is 0.561. The number of ether oxygens (including phenoxy) is 1. The number of carbonyl (C=O) groups is 4. The van der Waals surface area contributed by atoms with E-state index in [1.165, 1.54) is 16.2 Å². The lowest BCUT2D eigenvalue weighted by atomic mass is 9.81. The SMILES string of the molecule is CCOC(=O)c1cc2cc(NC(=O)CCN3C(=O)C4CCCCC4C3=O)ccc2s1. The molecule has 2 atom stereocenters. The molecule has 2 fully saturated rings. The van der Waals surface area contributed by atoms with Gasteiger partial charge in [0.15, 0.2) is 0 Å². The van der Waals surface area contributed by atoms with Gasteiger partial charge in [-0.15, -0.1) is 11.3 Å². The van der Waals surface area contributed by atoms with Crippen LogP contribution < -0.4 is 5.32 Å². The van der Waals surface area contributed by atoms with Gasteiger partial charge in [0.05, 0.1) is 18.4 Å². The number of esters is 1. The predicted molar refractivity (Wildman–Crippen MR) is 113 cm³/mol. The molecule has 1 N–H and O–H groups in total. The van der Waals surface area contributed by atoms with Crippen LogP contribution in [0.2, 0.25) is 0 Å². The number of benzene rings is 1. The van der Waals surface area contributed by atoms with Gasteiger partial charge in [0.1, 0.15) is 4.88 Å². The van der Waals surface area contributed by atoms with E-state index in [9.17, 15) is 19.2 Å². The van der Waals surface area contributed by atoms with Crippen molar-refractivity contribution in [3.05, 3.63) is 29.1 Å². The molecule has 1 aliphatic heterocycles. The highest BCUT2D eigenvalue weighted by Crippen LogP contribution is 2.38. The van der Waals surface area contributed by atoms with E-state index < -0.39 is 0 Å². The summed E-state index contributed by atoms with van der Waals surface area (Å²) in [6.07, 6.45) is 3.57. The normalized spacial score (nSPS) is 21.0. The molecular formula is C22H24N2O5S. The minimum atomic E-state index is -0.357. The molecule has 2 aliphatic rings. The minimum Gasteiger partial charge on any atom is -0.462 e. The number of hydrogen-bond acceptors (Lipinski definition) is 6. The summed E-state index contributed by atoms with van der Waals surface area (Å²) < 4.78 is 5.95. The standard InChI is InChI=1S/C22H24N2O5S/c1-2-29-22(28)18-12-13-11-14(7-8-17(13)30-18)23-19(25)9-10-24-20(26)15-5-3-4-6-16(15)21(24)27/h7-8,11-12,15-16H,2-6,9-10H2,1H3,(H,23,25). The van der Waals surface area contributed by atoms with E-state index in [2.05, 4.69) is 5.32 Å². The van der Waals surface area contributed by atoms with Crippen molar-refractivity contribution in [2.75, 3.05) is 18.5 Å². The van der Waals surface area contributed by atoms with E-state index in [-0.39, 0.29) is 48.5 Å². The average Bonchev–Trinajstić information content (AvgIpc) is 3.26. The van der Waals surface area contributed by atoms with Crippen LogP contribution in [0.4, 0.5) is 5.69 Å². The van der Waals surface area contributed by atoms with Gasteiger partial charge in [-0.05, 0) is 49.4 Å². The van der Waals surface area contributed by atoms with Crippen LogP contribution in [0.5, 0.6) is 0 Å². The number of nitrogens with one attached hydrogen (secondary N) is 1. The van der Waals surface area contributed by atoms with Gasteiger partial charge in [-0.1, -0.05) is 12.8 Å². The summed E-state index contributed by atoms with van der Waals surface area (Å²) in [4.78, 5) is 51.1. The van der Waals surface area contributed by atoms with E-state index in [0.717, 1.165) is 35.8 Å². The third-order valence-electron chi connectivity index (χ3n) is 5.77. The number of imide groups is 1. The Kier molecular flexibility index (Phi) is 5.85. The second-order valence-electron chi connectivity index (χ2n) is 7.71. The first kappa shape index (κ1) is 20.5. The third kappa shape index (κ3) is 3.96. The van der Waals surface area contributed by atoms with E-state index in [4.69, 9.17) is 4.74 Å². The molecular weight excluding hydrogens is 404 g/mol. The molecule has 2 unspecified atom stereocenters. The first-order valence-corrected chi connectivity index (χ1v) is 11.2. The zero-order valence-electron chi connectivity index (χ0n) is 16.8. The highest BCUT2D eigenvalue weighted by atomic mass is 32.1. The molecule has 30 heavy (non-hydrogen) atoms. The Labute approximate surface area is 178 Å². The van der Waals surface area contributed by atoms with Crippen molar-refractivity contribution in [3.8, 4) is 0 Å². The molecule has 1 aliphatic carbocycles. The highest BCUT2D eigenvalue weighted by Gasteiger charge is 2.47. The van der Waals surface area contributed by atoms with Crippen molar-refractivity contribution in [1.29, 1.82) is 0 Å². The van der Waals surface area contributed by atoms with Crippen LogP contribution in [0.25, 0.3) is 10.1 Å². The summed E-state index contributed by atoms with van der Waals surface area (Å²) >= 11 is 1.34. The fourth-order valence-corrected chi connectivity index (χ4v) is 5.25. The largest absolute Gasteiger partial charge is 0.462 e. The maximum Gasteiger partial charge on any atom is 0.348 e. The van der Waals surface area contributed by atoms with Gasteiger partial charge in [-0.3, -0.25) is 19.3 Å². The van der Waals surface area contributed by atoms with Crippen molar-refractivity contribution < 1.29 is 23.9 Å². The van der Waals surface area contributed by atoms with Gasteiger partial charge in [0, 0.05) is 23.4 Å². The second kappa shape index (κ2) is 8.55. The lowest BCUT2D eigenvalue weighted by molar-refractivity contribution is -0.140. The maximum absolute atomic E-state index is 12.5. The number of nitrogens with zero attached hydrogens (tertiary/aromatic N) is 1. The van der Waals surface area contributed by atoms with Crippen LogP contribution in [0.1, 0.15) is 48.7 Å². The Morgan fingerprint density at radius 1 is 1.13 bits per heavy atom. The molecule has 0 bridgehead atoms. The van der Waals surface area contributed by atoms with E-state index >= 15 is 0 Å². The van der Waals surface area contributed by atoms with Crippen molar-refractivity contribution in [1.82, 2.24) is 4.90 Å². The van der Waals surface area contributed by atoms with Crippen molar-refractivity contribution in [2.45, 2.75) is 39.0 Å². The molecule has 158 valence electrons. The fraction of sp³-hybridized carbons (Fsp3) is 0.455. The van der Waals surface area contributed by atoms with Gasteiger partial charge in [-0.25, -0.2) is 4.79 Å². The zero-order chi connectivity index (χ0) is 21.3. The molecule has 7 nitrogen and oxygen atoms in total. The van der Waals surface area contributed by atoms with E-state index in [1.54, 1.807) is 25.1 Å². The summed E-state index contributed by atoms with van der Waals surface area (Å²) in [5, 5.41) is 3.66. The molecule has 1 aromatic carbocycles. The number of amides is 3. The number of rotatable bonds is 6. The Bertz CT molecular complexity index is 990. The van der Waals surface area contributed by atoms with Crippen LogP contribution in [0.3, 0.4) is 0 Å². The third-order valence-corrected chi connectivity index (χ3v) is 6.87. The summed E-state index contributed by atoms with van der Waals surface area (Å²) in [7, 11) is 0. The summed E-state index contributed by atoms with van der Waals surface area (Å²) in [5.74, 6) is -1.24. The summed E-state index contributed by atoms with van der Waals surface area (Å²) in [5.41, 5.74) is 0.605. The van der Waals surface area contributed by atoms with Crippen molar-refractivity contribution in [3.63, 3.8) is 0 Å². The van der Waals surface area contributed by atoms with Crippen LogP contribution >= 0.6 is 11.3 Å². The number of anilines is 1. The Balaban J connectivity index is 1.37. The molecule has 1 saturated heterocycles. The molecule has 0 spiro atoms. The van der Waals surface area contributed by atoms with Crippen LogP contribution in [0.15, 0.2) is 24.3 Å². The zero-order valence-corrected chi connectivity index (χ0v) is 17.6. The number of hydrogen-bond donors (Lipinski definition) is 1. The van der Waals surface area contributed by atoms with E-state index in [1.807, 2.05) is 6.07 Å². The molecule has 1 aromatic heterocycles. The van der Waals surface area contributed by atoms with Crippen molar-refractivity contribution >= 4 is 50.8 Å². The Morgan fingerprint density at radius 2 is 1.83 bits per heavy atom. The molecule has 2 heterocycles. The molecule has 3 amide bonds. The number of fused-ring (bicyclic) bond motifs is 2. The lowest BCUT2D eigenvalue weighted by Gasteiger charge is -2.19. The van der Waals surface area contributed by atoms with E-state index in [0.29, 0.717) is 17.2 Å². The van der Waals surface area contributed by atoms with Crippen molar-refractivity contribution in [2.24, 2.45) is 11.8 Å². The number of carbonyl (C=O) groups excluding carboxylic acids is 4. The number of likely N-dealkylation sites (tertiary alicyclic amines) is 1. The Hall–Kier alpha value is -2.74. The molecule has 2 aromatic rings. The molecule has 1 saturated carbocycles. The topological polar surface area (TPSA) is 92.8 Å². The fourth-order valence-electron chi connectivity index (χ4n) is 4.31. The smallest absolute Gasteiger partial charge is 0.348 e. The van der Waals surface area contributed by atoms with Crippen LogP contribution in [-0.4, -0.2) is 41.7 Å². The van der Waals surface area contributed by atoms with Gasteiger partial charge >= 0.3 is 5.97 Å². The minimum absolute atomic E-state index is 0.0622. The van der Waals surface area contributed by atoms with Crippen LogP contribution in [0, 0.1) is 11.8 Å². The Morgan fingerprint density at radius 3 is 2.50 bits per heavy atom. The average molecular weight is 429 g/mol. The molecule has 8 heteroatoms. The van der Waals surface area contributed by atoms with Crippen LogP contribution in [-0.2, 0) is 19.1 Å². The molecule has 0 radical (unpaired) electrons. The molecule has 4 rings (SSSR count). The van der Waals surface area contributed by atoms with Gasteiger partial charge in [-0.2, -0.15) is 0 Å². The first-order valence-electron chi connectivity index (χ1n) is 10.3. The van der Waals surface area contributed by atoms with Gasteiger partial charge < -0.3 is 10.1 Å². The lowest BCUT2D eigenvalue weighted by Crippen LogP contribution is -2.34. The number of thiophene rings is 1. The highest BCUT2D eigenvalue weighted by molar-refractivity contribution is 7.20. The first-order chi connectivity index (χ1) is 14.5. The second-order valence-corrected chi connectivity index (χ2v) is 8.79. The maximum atomic E-state index is 12.5. The summed E-state index contributed by atoms with van der Waals surface area (Å²) in [6, 6.07) is 7.16. The monoisotopic (exact) mass is 428 g/mol. The summed E-state index contributed by atoms with van der Waals surface area (Å²) in [6.45, 7) is 2.19. The predicted octanol–water partition coefficient (Wildman–Crippen LogP) is 3.58. The van der Waals surface area contributed by atoms with Gasteiger partial charge in [0.2, 0.25) is 17.7 Å².